The predicted molar refractivity (Wildman–Crippen MR) is 104 cm³/mol. The Bertz CT molecular complexity index is 682. The zero-order valence-corrected chi connectivity index (χ0v) is 15.8. The van der Waals surface area contributed by atoms with E-state index in [0.717, 1.165) is 13.1 Å². The van der Waals surface area contributed by atoms with Crippen LogP contribution in [0.4, 0.5) is 0 Å². The van der Waals surface area contributed by atoms with Crippen LogP contribution >= 0.6 is 11.6 Å². The van der Waals surface area contributed by atoms with Crippen LogP contribution in [0.25, 0.3) is 0 Å². The first kappa shape index (κ1) is 18.9. The monoisotopic (exact) mass is 373 g/mol. The van der Waals surface area contributed by atoms with Crippen molar-refractivity contribution in [3.8, 4) is 0 Å². The zero-order chi connectivity index (χ0) is 18.2. The molecule has 5 heteroatoms. The lowest BCUT2D eigenvalue weighted by atomic mass is 10.0. The second-order valence-corrected chi connectivity index (χ2v) is 7.47. The van der Waals surface area contributed by atoms with Crippen LogP contribution in [0.15, 0.2) is 54.6 Å². The van der Waals surface area contributed by atoms with Gasteiger partial charge in [0.25, 0.3) is 5.91 Å². The summed E-state index contributed by atoms with van der Waals surface area (Å²) in [4.78, 5) is 13.7. The quantitative estimate of drug-likeness (QED) is 0.620. The number of hydrogen-bond acceptors (Lipinski definition) is 1. The number of likely N-dealkylation sites (tertiary alicyclic amines) is 1. The molecule has 1 aliphatic rings. The molecule has 1 heterocycles. The molecule has 1 amide bonds. The van der Waals surface area contributed by atoms with Gasteiger partial charge >= 0.3 is 0 Å². The van der Waals surface area contributed by atoms with Crippen LogP contribution in [0.3, 0.4) is 0 Å². The van der Waals surface area contributed by atoms with Gasteiger partial charge in [-0.3, -0.25) is 4.79 Å². The van der Waals surface area contributed by atoms with Crippen molar-refractivity contribution in [1.82, 2.24) is 5.32 Å². The van der Waals surface area contributed by atoms with E-state index in [9.17, 15) is 4.79 Å². The molecule has 4 N–H and O–H groups in total. The van der Waals surface area contributed by atoms with Crippen LogP contribution < -0.4 is 15.5 Å². The molecule has 1 fully saturated rings. The van der Waals surface area contributed by atoms with Gasteiger partial charge in [-0.1, -0.05) is 41.9 Å². The number of nitrogens with one attached hydrogen (secondary N) is 2. The normalized spacial score (nSPS) is 19.9. The van der Waals surface area contributed by atoms with E-state index in [4.69, 9.17) is 11.6 Å². The summed E-state index contributed by atoms with van der Waals surface area (Å²) < 4.78 is 0. The Kier molecular flexibility index (Phi) is 7.06. The molecular weight excluding hydrogens is 346 g/mol. The minimum absolute atomic E-state index is 0.0304. The molecule has 0 bridgehead atoms. The lowest BCUT2D eigenvalue weighted by Gasteiger charge is -2.28. The van der Waals surface area contributed by atoms with Gasteiger partial charge < -0.3 is 15.5 Å². The molecule has 0 atom stereocenters. The topological polar surface area (TPSA) is 50.1 Å². The molecule has 4 nitrogen and oxygen atoms in total. The number of benzene rings is 2. The molecule has 0 saturated carbocycles. The molecule has 0 aliphatic carbocycles. The van der Waals surface area contributed by atoms with Crippen LogP contribution in [0.5, 0.6) is 0 Å². The van der Waals surface area contributed by atoms with Gasteiger partial charge in [0.15, 0.2) is 0 Å². The number of quaternary nitrogens is 2. The molecule has 0 unspecified atom stereocenters. The first-order chi connectivity index (χ1) is 12.7. The third-order valence-corrected chi connectivity index (χ3v) is 5.32. The van der Waals surface area contributed by atoms with E-state index < -0.39 is 0 Å². The van der Waals surface area contributed by atoms with Crippen molar-refractivity contribution >= 4 is 17.5 Å². The van der Waals surface area contributed by atoms with E-state index in [2.05, 4.69) is 41.0 Å². The van der Waals surface area contributed by atoms with Crippen LogP contribution in [-0.2, 0) is 6.54 Å². The summed E-state index contributed by atoms with van der Waals surface area (Å²) in [6.45, 7) is 5.21. The number of hydrogen-bond donors (Lipinski definition) is 3. The Hall–Kier alpha value is -1.88. The lowest BCUT2D eigenvalue weighted by molar-refractivity contribution is -0.926. The van der Waals surface area contributed by atoms with E-state index >= 15 is 0 Å². The average molecular weight is 374 g/mol. The van der Waals surface area contributed by atoms with Gasteiger partial charge in [-0.2, -0.15) is 0 Å². The van der Waals surface area contributed by atoms with Crippen LogP contribution in [-0.4, -0.2) is 38.1 Å². The largest absolute Gasteiger partial charge is 0.346 e. The highest BCUT2D eigenvalue weighted by Gasteiger charge is 2.24. The Labute approximate surface area is 160 Å². The Morgan fingerprint density at radius 3 is 2.46 bits per heavy atom. The minimum atomic E-state index is -0.0304. The maximum Gasteiger partial charge on any atom is 0.251 e. The van der Waals surface area contributed by atoms with E-state index in [1.807, 2.05) is 0 Å². The van der Waals surface area contributed by atoms with Crippen molar-refractivity contribution in [3.63, 3.8) is 0 Å². The molecule has 1 saturated heterocycles. The standard InChI is InChI=1S/C21H26ClN3O/c22-19-8-6-18(7-9-19)21(26)24-13-12-23-20-10-14-25(15-11-20)16-17-4-2-1-3-5-17/h1-9,20,23H,10-16H2,(H,24,26)/p+2. The highest BCUT2D eigenvalue weighted by molar-refractivity contribution is 6.30. The van der Waals surface area contributed by atoms with Crippen molar-refractivity contribution in [2.45, 2.75) is 25.4 Å². The third-order valence-electron chi connectivity index (χ3n) is 5.07. The van der Waals surface area contributed by atoms with Crippen molar-refractivity contribution in [3.05, 3.63) is 70.7 Å². The number of nitrogens with two attached hydrogens (primary N) is 1. The van der Waals surface area contributed by atoms with Crippen molar-refractivity contribution in [2.24, 2.45) is 0 Å². The number of halogens is 1. The average Bonchev–Trinajstić information content (AvgIpc) is 2.68. The Morgan fingerprint density at radius 2 is 1.77 bits per heavy atom. The number of carbonyl (C=O) groups is 1. The van der Waals surface area contributed by atoms with Crippen LogP contribution in [0, 0.1) is 0 Å². The van der Waals surface area contributed by atoms with E-state index in [0.29, 0.717) is 23.2 Å². The first-order valence-corrected chi connectivity index (χ1v) is 9.83. The van der Waals surface area contributed by atoms with Crippen molar-refractivity contribution < 1.29 is 15.0 Å². The van der Waals surface area contributed by atoms with Gasteiger partial charge in [0.2, 0.25) is 0 Å². The van der Waals surface area contributed by atoms with Crippen molar-refractivity contribution in [2.75, 3.05) is 26.2 Å². The third kappa shape index (κ3) is 5.84. The summed E-state index contributed by atoms with van der Waals surface area (Å²) in [6, 6.07) is 18.4. The molecule has 0 radical (unpaired) electrons. The minimum Gasteiger partial charge on any atom is -0.346 e. The van der Waals surface area contributed by atoms with Crippen LogP contribution in [0.2, 0.25) is 5.02 Å². The Balaban J connectivity index is 1.30. The first-order valence-electron chi connectivity index (χ1n) is 9.45. The summed E-state index contributed by atoms with van der Waals surface area (Å²) in [5.74, 6) is -0.0304. The van der Waals surface area contributed by atoms with Crippen LogP contribution in [0.1, 0.15) is 28.8 Å². The number of carbonyl (C=O) groups excluding carboxylic acids is 1. The van der Waals surface area contributed by atoms with Gasteiger partial charge in [0.1, 0.15) is 6.54 Å². The molecule has 26 heavy (non-hydrogen) atoms. The highest BCUT2D eigenvalue weighted by Crippen LogP contribution is 2.09. The van der Waals surface area contributed by atoms with Gasteiger partial charge in [-0.15, -0.1) is 0 Å². The number of rotatable bonds is 7. The summed E-state index contributed by atoms with van der Waals surface area (Å²) >= 11 is 5.85. The zero-order valence-electron chi connectivity index (χ0n) is 15.1. The van der Waals surface area contributed by atoms with Gasteiger partial charge in [0.05, 0.1) is 32.2 Å². The molecule has 1 aliphatic heterocycles. The fourth-order valence-corrected chi connectivity index (χ4v) is 3.68. The molecule has 0 spiro atoms. The molecule has 0 aromatic heterocycles. The number of piperidine rings is 1. The Morgan fingerprint density at radius 1 is 1.08 bits per heavy atom. The van der Waals surface area contributed by atoms with E-state index in [1.54, 1.807) is 29.2 Å². The van der Waals surface area contributed by atoms with E-state index in [1.165, 1.54) is 31.5 Å². The fourth-order valence-electron chi connectivity index (χ4n) is 3.55. The maximum atomic E-state index is 12.1. The molecular formula is C21H28ClN3O+2. The molecule has 2 aromatic carbocycles. The SMILES string of the molecule is O=C(NCC[NH2+]C1CC[NH+](Cc2ccccc2)CC1)c1ccc(Cl)cc1. The molecule has 3 rings (SSSR count). The fraction of sp³-hybridized carbons (Fsp3) is 0.381. The second kappa shape index (κ2) is 9.72. The molecule has 138 valence electrons. The maximum absolute atomic E-state index is 12.1. The lowest BCUT2D eigenvalue weighted by Crippen LogP contribution is -3.13. The number of amides is 1. The predicted octanol–water partition coefficient (Wildman–Crippen LogP) is 0.881. The van der Waals surface area contributed by atoms with E-state index in [-0.39, 0.29) is 5.91 Å². The smallest absolute Gasteiger partial charge is 0.251 e. The highest BCUT2D eigenvalue weighted by atomic mass is 35.5. The van der Waals surface area contributed by atoms with Gasteiger partial charge in [0, 0.05) is 29.0 Å². The summed E-state index contributed by atoms with van der Waals surface area (Å²) in [7, 11) is 0. The molecule has 2 aromatic rings. The summed E-state index contributed by atoms with van der Waals surface area (Å²) in [6.07, 6.45) is 2.49. The van der Waals surface area contributed by atoms with Crippen molar-refractivity contribution in [1.29, 1.82) is 0 Å². The summed E-state index contributed by atoms with van der Waals surface area (Å²) in [5.41, 5.74) is 2.09. The van der Waals surface area contributed by atoms with Gasteiger partial charge in [-0.25, -0.2) is 0 Å². The summed E-state index contributed by atoms with van der Waals surface area (Å²) in [5, 5.41) is 6.02. The second-order valence-electron chi connectivity index (χ2n) is 7.04. The van der Waals surface area contributed by atoms with Gasteiger partial charge in [-0.05, 0) is 24.3 Å².